The molecule has 0 N–H and O–H groups in total. The van der Waals surface area contributed by atoms with Crippen LogP contribution in [-0.4, -0.2) is 22.6 Å². The van der Waals surface area contributed by atoms with Crippen LogP contribution in [0.25, 0.3) is 0 Å². The topological polar surface area (TPSA) is 37.4 Å². The average Bonchev–Trinajstić information content (AvgIpc) is 2.66. The Morgan fingerprint density at radius 1 is 1.00 bits per heavy atom. The highest BCUT2D eigenvalue weighted by atomic mass is 16.2. The lowest BCUT2D eigenvalue weighted by Gasteiger charge is -2.24. The van der Waals surface area contributed by atoms with Gasteiger partial charge in [0.2, 0.25) is 5.78 Å². The molecule has 0 unspecified atom stereocenters. The van der Waals surface area contributed by atoms with Crippen molar-refractivity contribution in [2.45, 2.75) is 12.6 Å². The molecule has 0 aromatic heterocycles. The van der Waals surface area contributed by atoms with E-state index in [1.54, 1.807) is 4.90 Å². The minimum absolute atomic E-state index is 0.116. The molecular weight excluding hydrogens is 226 g/mol. The van der Waals surface area contributed by atoms with E-state index in [1.807, 2.05) is 54.6 Å². The van der Waals surface area contributed by atoms with Gasteiger partial charge in [-0.1, -0.05) is 54.6 Å². The summed E-state index contributed by atoms with van der Waals surface area (Å²) in [5, 5.41) is 0. The van der Waals surface area contributed by atoms with Crippen LogP contribution in [0, 0.1) is 5.92 Å². The number of ketones is 1. The number of amides is 1. The minimum Gasteiger partial charge on any atom is -0.324 e. The smallest absolute Gasteiger partial charge is 0.291 e. The third kappa shape index (κ3) is 1.68. The van der Waals surface area contributed by atoms with E-state index >= 15 is 0 Å². The molecule has 18 heavy (non-hydrogen) atoms. The van der Waals surface area contributed by atoms with Gasteiger partial charge >= 0.3 is 0 Å². The van der Waals surface area contributed by atoms with Gasteiger partial charge in [-0.3, -0.25) is 9.59 Å². The summed E-state index contributed by atoms with van der Waals surface area (Å²) < 4.78 is 0. The summed E-state index contributed by atoms with van der Waals surface area (Å²) in [7, 11) is 0. The lowest BCUT2D eigenvalue weighted by atomic mass is 9.95. The van der Waals surface area contributed by atoms with Gasteiger partial charge in [0.15, 0.2) is 0 Å². The first-order valence-corrected chi connectivity index (χ1v) is 6.01. The van der Waals surface area contributed by atoms with Gasteiger partial charge in [-0.25, -0.2) is 0 Å². The summed E-state index contributed by atoms with van der Waals surface area (Å²) in [6, 6.07) is 9.63. The van der Waals surface area contributed by atoms with Crippen molar-refractivity contribution >= 4 is 11.7 Å². The fourth-order valence-corrected chi connectivity index (χ4v) is 2.51. The van der Waals surface area contributed by atoms with Crippen LogP contribution in [0.4, 0.5) is 0 Å². The lowest BCUT2D eigenvalue weighted by Crippen LogP contribution is -2.33. The highest BCUT2D eigenvalue weighted by molar-refractivity contribution is 6.39. The molecule has 1 aliphatic carbocycles. The second-order valence-corrected chi connectivity index (χ2v) is 4.57. The molecule has 3 nitrogen and oxygen atoms in total. The molecule has 2 aliphatic rings. The van der Waals surface area contributed by atoms with Crippen LogP contribution >= 0.6 is 0 Å². The molecule has 2 atom stereocenters. The minimum atomic E-state index is -0.370. The van der Waals surface area contributed by atoms with E-state index in [1.165, 1.54) is 0 Å². The molecule has 1 aromatic rings. The first kappa shape index (κ1) is 11.0. The predicted octanol–water partition coefficient (Wildman–Crippen LogP) is 1.71. The number of likely N-dealkylation sites (tertiary alicyclic amines) is 1. The summed E-state index contributed by atoms with van der Waals surface area (Å²) in [6.45, 7) is 0.491. The van der Waals surface area contributed by atoms with Crippen molar-refractivity contribution in [3.8, 4) is 0 Å². The van der Waals surface area contributed by atoms with Crippen LogP contribution in [0.3, 0.4) is 0 Å². The summed E-state index contributed by atoms with van der Waals surface area (Å²) in [6.07, 6.45) is 7.47. The zero-order chi connectivity index (χ0) is 12.5. The molecule has 3 heteroatoms. The lowest BCUT2D eigenvalue weighted by molar-refractivity contribution is -0.141. The van der Waals surface area contributed by atoms with Crippen molar-refractivity contribution in [1.82, 2.24) is 4.90 Å². The van der Waals surface area contributed by atoms with Gasteiger partial charge in [-0.15, -0.1) is 0 Å². The third-order valence-electron chi connectivity index (χ3n) is 3.44. The fraction of sp³-hybridized carbons (Fsp3) is 0.200. The SMILES string of the molecule is O=C1C(=O)N(Cc2ccccc2)[C@H]2C=CC=C[C@H]12. The van der Waals surface area contributed by atoms with Gasteiger partial charge in [0.25, 0.3) is 5.91 Å². The Kier molecular flexibility index (Phi) is 2.59. The Bertz CT molecular complexity index is 545. The maximum atomic E-state index is 12.0. The van der Waals surface area contributed by atoms with Crippen LogP contribution in [0.5, 0.6) is 0 Å². The van der Waals surface area contributed by atoms with Crippen LogP contribution in [-0.2, 0) is 16.1 Å². The standard InChI is InChI=1S/C15H13NO2/c17-14-12-8-4-5-9-13(12)16(15(14)18)10-11-6-2-1-3-7-11/h1-9,12-13H,10H2/t12-,13-/m0/s1. The summed E-state index contributed by atoms with van der Waals surface area (Å²) >= 11 is 0. The molecule has 1 saturated heterocycles. The number of Topliss-reactive ketones (excluding diaryl/α,β-unsaturated/α-hetero) is 1. The molecule has 1 aliphatic heterocycles. The monoisotopic (exact) mass is 239 g/mol. The molecule has 0 saturated carbocycles. The molecule has 0 bridgehead atoms. The zero-order valence-electron chi connectivity index (χ0n) is 9.82. The first-order valence-electron chi connectivity index (χ1n) is 6.01. The van der Waals surface area contributed by atoms with Crippen molar-refractivity contribution in [3.63, 3.8) is 0 Å². The highest BCUT2D eigenvalue weighted by Gasteiger charge is 2.45. The number of fused-ring (bicyclic) bond motifs is 1. The number of hydrogen-bond donors (Lipinski definition) is 0. The molecule has 3 rings (SSSR count). The van der Waals surface area contributed by atoms with Gasteiger partial charge in [-0.2, -0.15) is 0 Å². The molecule has 1 heterocycles. The highest BCUT2D eigenvalue weighted by Crippen LogP contribution is 2.28. The van der Waals surface area contributed by atoms with E-state index < -0.39 is 0 Å². The van der Waals surface area contributed by atoms with Gasteiger partial charge in [0, 0.05) is 6.54 Å². The second-order valence-electron chi connectivity index (χ2n) is 4.57. The number of carbonyl (C=O) groups is 2. The Morgan fingerprint density at radius 2 is 1.72 bits per heavy atom. The summed E-state index contributed by atoms with van der Waals surface area (Å²) in [5.74, 6) is -0.965. The number of hydrogen-bond acceptors (Lipinski definition) is 2. The van der Waals surface area contributed by atoms with Crippen LogP contribution in [0.1, 0.15) is 5.56 Å². The molecule has 1 fully saturated rings. The van der Waals surface area contributed by atoms with E-state index in [4.69, 9.17) is 0 Å². The number of carbonyl (C=O) groups excluding carboxylic acids is 2. The maximum absolute atomic E-state index is 12.0. The van der Waals surface area contributed by atoms with Crippen LogP contribution in [0.15, 0.2) is 54.6 Å². The Labute approximate surface area is 105 Å². The number of nitrogens with zero attached hydrogens (tertiary/aromatic N) is 1. The predicted molar refractivity (Wildman–Crippen MR) is 67.6 cm³/mol. The first-order chi connectivity index (χ1) is 8.77. The van der Waals surface area contributed by atoms with Crippen LogP contribution in [0.2, 0.25) is 0 Å². The molecule has 0 spiro atoms. The van der Waals surface area contributed by atoms with E-state index in [0.717, 1.165) is 5.56 Å². The van der Waals surface area contributed by atoms with E-state index in [0.29, 0.717) is 6.54 Å². The molecule has 0 radical (unpaired) electrons. The molecule has 1 aromatic carbocycles. The molecular formula is C15H13NO2. The van der Waals surface area contributed by atoms with Gasteiger partial charge in [0.1, 0.15) is 0 Å². The van der Waals surface area contributed by atoms with Crippen molar-refractivity contribution in [2.75, 3.05) is 0 Å². The van der Waals surface area contributed by atoms with Crippen molar-refractivity contribution in [3.05, 3.63) is 60.2 Å². The third-order valence-corrected chi connectivity index (χ3v) is 3.44. The quantitative estimate of drug-likeness (QED) is 0.737. The summed E-state index contributed by atoms with van der Waals surface area (Å²) in [4.78, 5) is 25.5. The van der Waals surface area contributed by atoms with Gasteiger partial charge < -0.3 is 4.90 Å². The number of benzene rings is 1. The maximum Gasteiger partial charge on any atom is 0.291 e. The van der Waals surface area contributed by atoms with Crippen molar-refractivity contribution in [2.24, 2.45) is 5.92 Å². The fourth-order valence-electron chi connectivity index (χ4n) is 2.51. The number of allylic oxidation sites excluding steroid dienone is 2. The molecule has 1 amide bonds. The largest absolute Gasteiger partial charge is 0.324 e. The number of rotatable bonds is 2. The van der Waals surface area contributed by atoms with Crippen LogP contribution < -0.4 is 0 Å². The van der Waals surface area contributed by atoms with Gasteiger partial charge in [-0.05, 0) is 5.56 Å². The average molecular weight is 239 g/mol. The molecule has 90 valence electrons. The van der Waals surface area contributed by atoms with Crippen molar-refractivity contribution in [1.29, 1.82) is 0 Å². The second kappa shape index (κ2) is 4.26. The van der Waals surface area contributed by atoms with Gasteiger partial charge in [0.05, 0.1) is 12.0 Å². The van der Waals surface area contributed by atoms with E-state index in [2.05, 4.69) is 0 Å². The Hall–Kier alpha value is -2.16. The zero-order valence-corrected chi connectivity index (χ0v) is 9.82. The Balaban J connectivity index is 1.88. The van der Waals surface area contributed by atoms with E-state index in [9.17, 15) is 9.59 Å². The summed E-state index contributed by atoms with van der Waals surface area (Å²) in [5.41, 5.74) is 1.04. The van der Waals surface area contributed by atoms with Crippen molar-refractivity contribution < 1.29 is 9.59 Å². The normalized spacial score (nSPS) is 25.7. The van der Waals surface area contributed by atoms with E-state index in [-0.39, 0.29) is 23.7 Å². The Morgan fingerprint density at radius 3 is 2.50 bits per heavy atom.